The van der Waals surface area contributed by atoms with Crippen LogP contribution in [0.1, 0.15) is 0 Å². The lowest BCUT2D eigenvalue weighted by Crippen LogP contribution is -2.74. The lowest BCUT2D eigenvalue weighted by Gasteiger charge is -2.34. The first kappa shape index (κ1) is 33.2. The SMILES string of the molecule is c1ccc(-n2c3ccccc3c3ccc([Si](c4ccccc4)(c4ccccc4)c4ccc(-n5c6ccccc6c6cc7c(cc65)sc5ccccc57)cc4)cc32)cc1. The topological polar surface area (TPSA) is 9.86 Å². The maximum atomic E-state index is 2.51. The summed E-state index contributed by atoms with van der Waals surface area (Å²) in [5.41, 5.74) is 7.24. The Kier molecular flexibility index (Phi) is 7.46. The van der Waals surface area contributed by atoms with E-state index in [1.165, 1.54) is 95.9 Å². The number of hydrogen-bond donors (Lipinski definition) is 0. The standard InChI is InChI=1S/C54H36N2SSi/c1-4-16-37(17-5-1)55-49-25-13-10-22-43(49)45-33-32-42(34-51(45)55)58(39-18-6-2-7-19-39,40-20-8-3-9-21-40)41-30-28-38(29-31-41)56-50-26-14-11-23-44(50)47-35-48-46-24-12-15-27-53(46)57-54(48)36-52(47)56/h1-36H. The zero-order valence-corrected chi connectivity index (χ0v) is 33.4. The maximum Gasteiger partial charge on any atom is 0.179 e. The highest BCUT2D eigenvalue weighted by Gasteiger charge is 2.42. The molecule has 0 aliphatic heterocycles. The van der Waals surface area contributed by atoms with Crippen molar-refractivity contribution >= 4 is 104 Å². The first-order valence-corrected chi connectivity index (χ1v) is 22.7. The highest BCUT2D eigenvalue weighted by atomic mass is 32.1. The third kappa shape index (κ3) is 4.83. The Morgan fingerprint density at radius 2 is 0.741 bits per heavy atom. The van der Waals surface area contributed by atoms with Crippen molar-refractivity contribution in [2.75, 3.05) is 0 Å². The van der Waals surface area contributed by atoms with Gasteiger partial charge in [-0.15, -0.1) is 11.3 Å². The lowest BCUT2D eigenvalue weighted by atomic mass is 10.1. The Morgan fingerprint density at radius 1 is 0.276 bits per heavy atom. The molecule has 272 valence electrons. The maximum absolute atomic E-state index is 2.88. The zero-order chi connectivity index (χ0) is 38.2. The molecule has 0 aliphatic rings. The molecular weight excluding hydrogens is 737 g/mol. The number of fused-ring (bicyclic) bond motifs is 9. The molecule has 0 atom stereocenters. The van der Waals surface area contributed by atoms with Crippen LogP contribution in [0.4, 0.5) is 0 Å². The van der Waals surface area contributed by atoms with Gasteiger partial charge in [-0.2, -0.15) is 0 Å². The molecule has 0 spiro atoms. The van der Waals surface area contributed by atoms with Gasteiger partial charge in [-0.3, -0.25) is 0 Å². The highest BCUT2D eigenvalue weighted by Crippen LogP contribution is 2.40. The molecular formula is C54H36N2SSi. The van der Waals surface area contributed by atoms with E-state index >= 15 is 0 Å². The second-order valence-corrected chi connectivity index (χ2v) is 20.2. The summed E-state index contributed by atoms with van der Waals surface area (Å²) in [6.07, 6.45) is 0. The minimum Gasteiger partial charge on any atom is -0.309 e. The summed E-state index contributed by atoms with van der Waals surface area (Å²) < 4.78 is 7.56. The second kappa shape index (κ2) is 13.0. The Morgan fingerprint density at radius 3 is 1.40 bits per heavy atom. The number of nitrogens with zero attached hydrogens (tertiary/aromatic N) is 2. The van der Waals surface area contributed by atoms with E-state index in [1.54, 1.807) is 0 Å². The van der Waals surface area contributed by atoms with E-state index in [1.807, 2.05) is 11.3 Å². The Balaban J connectivity index is 1.12. The van der Waals surface area contributed by atoms with Crippen molar-refractivity contribution in [1.29, 1.82) is 0 Å². The normalized spacial score (nSPS) is 12.1. The van der Waals surface area contributed by atoms with Crippen molar-refractivity contribution in [2.45, 2.75) is 0 Å². The third-order valence-electron chi connectivity index (χ3n) is 12.3. The van der Waals surface area contributed by atoms with Gasteiger partial charge in [0.05, 0.1) is 22.1 Å². The van der Waals surface area contributed by atoms with Crippen LogP contribution in [0, 0.1) is 0 Å². The lowest BCUT2D eigenvalue weighted by molar-refractivity contribution is 1.18. The van der Waals surface area contributed by atoms with Gasteiger partial charge >= 0.3 is 0 Å². The third-order valence-corrected chi connectivity index (χ3v) is 18.2. The van der Waals surface area contributed by atoms with Crippen LogP contribution in [0.3, 0.4) is 0 Å². The van der Waals surface area contributed by atoms with E-state index in [4.69, 9.17) is 0 Å². The molecule has 12 aromatic rings. The molecule has 0 saturated heterocycles. The fourth-order valence-electron chi connectivity index (χ4n) is 9.76. The molecule has 0 amide bonds. The van der Waals surface area contributed by atoms with Crippen molar-refractivity contribution < 1.29 is 0 Å². The average molecular weight is 773 g/mol. The summed E-state index contributed by atoms with van der Waals surface area (Å²) in [4.78, 5) is 0. The molecule has 9 aromatic carbocycles. The Bertz CT molecular complexity index is 3450. The fraction of sp³-hybridized carbons (Fsp3) is 0. The second-order valence-electron chi connectivity index (χ2n) is 15.3. The number of rotatable bonds is 6. The average Bonchev–Trinajstić information content (AvgIpc) is 3.94. The van der Waals surface area contributed by atoms with E-state index in [0.29, 0.717) is 0 Å². The first-order valence-electron chi connectivity index (χ1n) is 19.9. The van der Waals surface area contributed by atoms with Crippen molar-refractivity contribution in [3.05, 3.63) is 218 Å². The van der Waals surface area contributed by atoms with Crippen molar-refractivity contribution in [3.8, 4) is 11.4 Å². The summed E-state index contributed by atoms with van der Waals surface area (Å²) in [7, 11) is -2.88. The number of hydrogen-bond acceptors (Lipinski definition) is 1. The van der Waals surface area contributed by atoms with Crippen LogP contribution in [0.5, 0.6) is 0 Å². The molecule has 0 fully saturated rings. The molecule has 0 unspecified atom stereocenters. The van der Waals surface area contributed by atoms with Gasteiger partial charge in [0.1, 0.15) is 0 Å². The van der Waals surface area contributed by atoms with Crippen molar-refractivity contribution in [3.63, 3.8) is 0 Å². The van der Waals surface area contributed by atoms with Crippen LogP contribution in [0.2, 0.25) is 0 Å². The van der Waals surface area contributed by atoms with E-state index in [-0.39, 0.29) is 0 Å². The van der Waals surface area contributed by atoms with Crippen molar-refractivity contribution in [2.24, 2.45) is 0 Å². The molecule has 0 aliphatic carbocycles. The van der Waals surface area contributed by atoms with Crippen LogP contribution < -0.4 is 20.7 Å². The molecule has 3 heterocycles. The fourth-order valence-corrected chi connectivity index (χ4v) is 15.6. The van der Waals surface area contributed by atoms with Gasteiger partial charge in [-0.25, -0.2) is 0 Å². The molecule has 4 heteroatoms. The number of aromatic nitrogens is 2. The van der Waals surface area contributed by atoms with Crippen LogP contribution in [-0.4, -0.2) is 17.2 Å². The molecule has 0 radical (unpaired) electrons. The van der Waals surface area contributed by atoms with Crippen molar-refractivity contribution in [1.82, 2.24) is 9.13 Å². The van der Waals surface area contributed by atoms with Gasteiger partial charge in [0, 0.05) is 53.1 Å². The van der Waals surface area contributed by atoms with Crippen LogP contribution in [-0.2, 0) is 0 Å². The first-order chi connectivity index (χ1) is 28.8. The van der Waals surface area contributed by atoms with E-state index < -0.39 is 8.07 Å². The molecule has 2 nitrogen and oxygen atoms in total. The number of para-hydroxylation sites is 3. The van der Waals surface area contributed by atoms with E-state index in [2.05, 4.69) is 228 Å². The molecule has 3 aromatic heterocycles. The predicted octanol–water partition coefficient (Wildman–Crippen LogP) is 11.6. The van der Waals surface area contributed by atoms with Crippen LogP contribution >= 0.6 is 11.3 Å². The molecule has 58 heavy (non-hydrogen) atoms. The highest BCUT2D eigenvalue weighted by molar-refractivity contribution is 7.26. The smallest absolute Gasteiger partial charge is 0.179 e. The van der Waals surface area contributed by atoms with E-state index in [9.17, 15) is 0 Å². The Labute approximate surface area is 341 Å². The van der Waals surface area contributed by atoms with Gasteiger partial charge in [0.2, 0.25) is 0 Å². The molecule has 12 rings (SSSR count). The summed E-state index contributed by atoms with van der Waals surface area (Å²) in [5, 5.41) is 13.2. The quantitative estimate of drug-likeness (QED) is 0.118. The molecule has 0 saturated carbocycles. The predicted molar refractivity (Wildman–Crippen MR) is 252 cm³/mol. The molecule has 0 bridgehead atoms. The summed E-state index contributed by atoms with van der Waals surface area (Å²) >= 11 is 1.88. The van der Waals surface area contributed by atoms with E-state index in [0.717, 1.165) is 0 Å². The van der Waals surface area contributed by atoms with Gasteiger partial charge in [-0.1, -0.05) is 158 Å². The number of thiophene rings is 1. The minimum atomic E-state index is -2.88. The molecule has 0 N–H and O–H groups in total. The minimum absolute atomic E-state index is 1.17. The summed E-state index contributed by atoms with van der Waals surface area (Å²) in [6, 6.07) is 81.5. The Hall–Kier alpha value is -6.98. The van der Waals surface area contributed by atoms with Gasteiger partial charge in [0.15, 0.2) is 8.07 Å². The van der Waals surface area contributed by atoms with Gasteiger partial charge in [-0.05, 0) is 81.4 Å². The monoisotopic (exact) mass is 772 g/mol. The zero-order valence-electron chi connectivity index (χ0n) is 31.6. The largest absolute Gasteiger partial charge is 0.309 e. The summed E-state index contributed by atoms with van der Waals surface area (Å²) in [5.74, 6) is 0. The van der Waals surface area contributed by atoms with Crippen LogP contribution in [0.15, 0.2) is 218 Å². The van der Waals surface area contributed by atoms with Gasteiger partial charge in [0.25, 0.3) is 0 Å². The van der Waals surface area contributed by atoms with Crippen LogP contribution in [0.25, 0.3) is 75.2 Å². The summed E-state index contributed by atoms with van der Waals surface area (Å²) in [6.45, 7) is 0. The number of benzene rings is 9. The van der Waals surface area contributed by atoms with Gasteiger partial charge < -0.3 is 9.13 Å².